The summed E-state index contributed by atoms with van der Waals surface area (Å²) in [6.45, 7) is 3.27. The zero-order chi connectivity index (χ0) is 16.5. The summed E-state index contributed by atoms with van der Waals surface area (Å²) in [7, 11) is 0. The van der Waals surface area contributed by atoms with E-state index < -0.39 is 0 Å². The predicted octanol–water partition coefficient (Wildman–Crippen LogP) is 1.94. The van der Waals surface area contributed by atoms with Gasteiger partial charge in [0.05, 0.1) is 12.8 Å². The zero-order valence-corrected chi connectivity index (χ0v) is 13.5. The maximum absolute atomic E-state index is 11.9. The number of amides is 2. The summed E-state index contributed by atoms with van der Waals surface area (Å²) >= 11 is 0. The van der Waals surface area contributed by atoms with Crippen LogP contribution in [0.3, 0.4) is 0 Å². The fourth-order valence-corrected chi connectivity index (χ4v) is 2.41. The lowest BCUT2D eigenvalue weighted by atomic mass is 10.2. The number of rotatable bonds is 6. The molecule has 6 heteroatoms. The molecule has 0 aliphatic carbocycles. The van der Waals surface area contributed by atoms with Crippen LogP contribution in [0.2, 0.25) is 0 Å². The van der Waals surface area contributed by atoms with E-state index in [9.17, 15) is 9.59 Å². The quantitative estimate of drug-likeness (QED) is 0.644. The van der Waals surface area contributed by atoms with Gasteiger partial charge < -0.3 is 9.64 Å². The van der Waals surface area contributed by atoms with Crippen molar-refractivity contribution in [2.45, 2.75) is 32.6 Å². The van der Waals surface area contributed by atoms with Crippen molar-refractivity contribution in [1.82, 2.24) is 10.3 Å². The smallest absolute Gasteiger partial charge is 0.259 e. The van der Waals surface area contributed by atoms with Crippen molar-refractivity contribution < 1.29 is 14.3 Å². The number of carbonyl (C=O) groups is 2. The van der Waals surface area contributed by atoms with Crippen LogP contribution in [0.4, 0.5) is 0 Å². The van der Waals surface area contributed by atoms with Crippen LogP contribution in [0.15, 0.2) is 29.4 Å². The van der Waals surface area contributed by atoms with Crippen LogP contribution in [0.25, 0.3) is 0 Å². The Morgan fingerprint density at radius 3 is 2.83 bits per heavy atom. The van der Waals surface area contributed by atoms with Crippen LogP contribution in [0.5, 0.6) is 5.75 Å². The molecule has 1 N–H and O–H groups in total. The van der Waals surface area contributed by atoms with Crippen molar-refractivity contribution in [2.24, 2.45) is 5.10 Å². The highest BCUT2D eigenvalue weighted by atomic mass is 16.5. The lowest BCUT2D eigenvalue weighted by Gasteiger charge is -2.18. The van der Waals surface area contributed by atoms with E-state index in [4.69, 9.17) is 4.74 Å². The molecule has 1 aromatic rings. The standard InChI is InChI=1S/C17H23N3O3/c1-2-23-15-9-7-14(8-10-15)12-18-19-16(21)13-20-11-5-3-4-6-17(20)22/h7-10,12H,2-6,11,13H2,1H3,(H,19,21)/b18-12-. The summed E-state index contributed by atoms with van der Waals surface area (Å²) in [4.78, 5) is 25.3. The van der Waals surface area contributed by atoms with E-state index in [1.54, 1.807) is 11.1 Å². The van der Waals surface area contributed by atoms with Crippen LogP contribution in [0, 0.1) is 0 Å². The molecule has 0 unspecified atom stereocenters. The molecule has 1 fully saturated rings. The minimum atomic E-state index is -0.276. The van der Waals surface area contributed by atoms with Gasteiger partial charge in [0.25, 0.3) is 5.91 Å². The number of ether oxygens (including phenoxy) is 1. The molecule has 0 spiro atoms. The topological polar surface area (TPSA) is 71.0 Å². The largest absolute Gasteiger partial charge is 0.494 e. The summed E-state index contributed by atoms with van der Waals surface area (Å²) in [5, 5.41) is 3.93. The molecule has 0 aromatic heterocycles. The normalized spacial score (nSPS) is 15.5. The lowest BCUT2D eigenvalue weighted by molar-refractivity contribution is -0.135. The number of nitrogens with one attached hydrogen (secondary N) is 1. The van der Waals surface area contributed by atoms with Gasteiger partial charge in [-0.1, -0.05) is 6.42 Å². The van der Waals surface area contributed by atoms with Crippen molar-refractivity contribution in [3.05, 3.63) is 29.8 Å². The molecule has 23 heavy (non-hydrogen) atoms. The third-order valence-electron chi connectivity index (χ3n) is 3.60. The molecule has 1 aliphatic heterocycles. The van der Waals surface area contributed by atoms with Crippen LogP contribution < -0.4 is 10.2 Å². The van der Waals surface area contributed by atoms with Gasteiger partial charge in [-0.05, 0) is 49.6 Å². The van der Waals surface area contributed by atoms with Crippen LogP contribution in [-0.2, 0) is 9.59 Å². The van der Waals surface area contributed by atoms with Crippen LogP contribution in [-0.4, -0.2) is 42.6 Å². The molecule has 6 nitrogen and oxygen atoms in total. The van der Waals surface area contributed by atoms with E-state index in [0.717, 1.165) is 30.6 Å². The second kappa shape index (κ2) is 8.92. The van der Waals surface area contributed by atoms with Gasteiger partial charge in [-0.15, -0.1) is 0 Å². The minimum Gasteiger partial charge on any atom is -0.494 e. The molecule has 1 aliphatic rings. The molecule has 1 aromatic carbocycles. The molecule has 2 amide bonds. The van der Waals surface area contributed by atoms with E-state index >= 15 is 0 Å². The van der Waals surface area contributed by atoms with Crippen molar-refractivity contribution in [3.63, 3.8) is 0 Å². The maximum Gasteiger partial charge on any atom is 0.259 e. The van der Waals surface area contributed by atoms with Gasteiger partial charge in [-0.2, -0.15) is 5.10 Å². The van der Waals surface area contributed by atoms with Gasteiger partial charge in [0.15, 0.2) is 0 Å². The number of carbonyl (C=O) groups excluding carboxylic acids is 2. The first-order valence-electron chi connectivity index (χ1n) is 8.01. The summed E-state index contributed by atoms with van der Waals surface area (Å²) in [6.07, 6.45) is 5.00. The number of likely N-dealkylation sites (tertiary alicyclic amines) is 1. The van der Waals surface area contributed by atoms with E-state index in [2.05, 4.69) is 10.5 Å². The van der Waals surface area contributed by atoms with Gasteiger partial charge in [-0.3, -0.25) is 9.59 Å². The first kappa shape index (κ1) is 17.0. The summed E-state index contributed by atoms with van der Waals surface area (Å²) in [6, 6.07) is 7.42. The Morgan fingerprint density at radius 2 is 2.09 bits per heavy atom. The first-order valence-corrected chi connectivity index (χ1v) is 8.01. The van der Waals surface area contributed by atoms with Crippen molar-refractivity contribution in [3.8, 4) is 5.75 Å². The number of hydrogen-bond acceptors (Lipinski definition) is 4. The third kappa shape index (κ3) is 5.73. The minimum absolute atomic E-state index is 0.0492. The summed E-state index contributed by atoms with van der Waals surface area (Å²) < 4.78 is 5.36. The molecule has 124 valence electrons. The Balaban J connectivity index is 1.79. The molecular formula is C17H23N3O3. The van der Waals surface area contributed by atoms with Crippen molar-refractivity contribution >= 4 is 18.0 Å². The molecule has 0 radical (unpaired) electrons. The van der Waals surface area contributed by atoms with E-state index in [0.29, 0.717) is 19.6 Å². The Morgan fingerprint density at radius 1 is 1.30 bits per heavy atom. The monoisotopic (exact) mass is 317 g/mol. The SMILES string of the molecule is CCOc1ccc(/C=N\NC(=O)CN2CCCCCC2=O)cc1. The van der Waals surface area contributed by atoms with Gasteiger partial charge in [0.2, 0.25) is 5.91 Å². The molecular weight excluding hydrogens is 294 g/mol. The molecule has 0 saturated carbocycles. The molecule has 2 rings (SSSR count). The summed E-state index contributed by atoms with van der Waals surface area (Å²) in [5.41, 5.74) is 3.33. The van der Waals surface area contributed by atoms with Crippen LogP contribution in [0.1, 0.15) is 38.2 Å². The fourth-order valence-electron chi connectivity index (χ4n) is 2.41. The Hall–Kier alpha value is -2.37. The average Bonchev–Trinajstić information content (AvgIpc) is 2.74. The zero-order valence-electron chi connectivity index (χ0n) is 13.5. The highest BCUT2D eigenvalue weighted by Crippen LogP contribution is 2.11. The number of benzene rings is 1. The lowest BCUT2D eigenvalue weighted by Crippen LogP contribution is -2.39. The second-order valence-electron chi connectivity index (χ2n) is 5.42. The third-order valence-corrected chi connectivity index (χ3v) is 3.60. The maximum atomic E-state index is 11.9. The predicted molar refractivity (Wildman–Crippen MR) is 88.4 cm³/mol. The van der Waals surface area contributed by atoms with Gasteiger partial charge in [-0.25, -0.2) is 5.43 Å². The van der Waals surface area contributed by atoms with Crippen molar-refractivity contribution in [1.29, 1.82) is 0 Å². The molecule has 0 atom stereocenters. The molecule has 1 heterocycles. The van der Waals surface area contributed by atoms with Gasteiger partial charge in [0.1, 0.15) is 12.3 Å². The Kier molecular flexibility index (Phi) is 6.59. The van der Waals surface area contributed by atoms with E-state index in [-0.39, 0.29) is 18.4 Å². The Labute approximate surface area is 136 Å². The molecule has 0 bridgehead atoms. The van der Waals surface area contributed by atoms with E-state index in [1.807, 2.05) is 31.2 Å². The molecule has 1 saturated heterocycles. The number of nitrogens with zero attached hydrogens (tertiary/aromatic N) is 2. The van der Waals surface area contributed by atoms with E-state index in [1.165, 1.54) is 0 Å². The summed E-state index contributed by atoms with van der Waals surface area (Å²) in [5.74, 6) is 0.573. The Bertz CT molecular complexity index is 555. The number of hydrogen-bond donors (Lipinski definition) is 1. The second-order valence-corrected chi connectivity index (χ2v) is 5.42. The highest BCUT2D eigenvalue weighted by Gasteiger charge is 2.18. The number of hydrazone groups is 1. The van der Waals surface area contributed by atoms with Crippen LogP contribution >= 0.6 is 0 Å². The first-order chi connectivity index (χ1) is 11.2. The average molecular weight is 317 g/mol. The highest BCUT2D eigenvalue weighted by molar-refractivity contribution is 5.86. The fraction of sp³-hybridized carbons (Fsp3) is 0.471. The van der Waals surface area contributed by atoms with Crippen molar-refractivity contribution in [2.75, 3.05) is 19.7 Å². The van der Waals surface area contributed by atoms with Gasteiger partial charge in [0, 0.05) is 13.0 Å². The van der Waals surface area contributed by atoms with Gasteiger partial charge >= 0.3 is 0 Å².